The second kappa shape index (κ2) is 9.32. The van der Waals surface area contributed by atoms with Crippen LogP contribution in [-0.4, -0.2) is 29.3 Å². The molecule has 7 heteroatoms. The molecule has 0 spiro atoms. The van der Waals surface area contributed by atoms with Crippen molar-refractivity contribution in [2.45, 2.75) is 13.3 Å². The fourth-order valence-corrected chi connectivity index (χ4v) is 3.41. The Hall–Kier alpha value is -2.93. The lowest BCUT2D eigenvalue weighted by Gasteiger charge is -2.17. The van der Waals surface area contributed by atoms with E-state index in [0.717, 1.165) is 12.0 Å². The molecule has 0 radical (unpaired) electrons. The number of carbonyl (C=O) groups is 2. The molecule has 1 N–H and O–H groups in total. The Kier molecular flexibility index (Phi) is 6.60. The number of halogens is 1. The van der Waals surface area contributed by atoms with Gasteiger partial charge in [-0.1, -0.05) is 49.0 Å². The largest absolute Gasteiger partial charge is 0.355 e. The molecule has 1 heterocycles. The summed E-state index contributed by atoms with van der Waals surface area (Å²) in [6.45, 7) is 2.58. The Morgan fingerprint density at radius 1 is 1.18 bits per heavy atom. The smallest absolute Gasteiger partial charge is 0.283 e. The van der Waals surface area contributed by atoms with Gasteiger partial charge in [0.25, 0.3) is 5.91 Å². The number of nitrogens with one attached hydrogen (secondary N) is 1. The molecular weight excluding hydrogens is 377 g/mol. The Bertz CT molecular complexity index is 911. The van der Waals surface area contributed by atoms with Crippen LogP contribution < -0.4 is 10.2 Å². The summed E-state index contributed by atoms with van der Waals surface area (Å²) in [6.07, 6.45) is 2.55. The van der Waals surface area contributed by atoms with E-state index >= 15 is 0 Å². The van der Waals surface area contributed by atoms with Crippen LogP contribution in [-0.2, 0) is 9.59 Å². The number of aliphatic imine (C=N–C) groups is 1. The van der Waals surface area contributed by atoms with Crippen LogP contribution in [0.3, 0.4) is 0 Å². The maximum absolute atomic E-state index is 13.3. The monoisotopic (exact) mass is 397 g/mol. The van der Waals surface area contributed by atoms with Crippen LogP contribution in [0.25, 0.3) is 6.08 Å². The lowest BCUT2D eigenvalue weighted by atomic mass is 10.2. The second-order valence-electron chi connectivity index (χ2n) is 6.09. The molecule has 0 saturated heterocycles. The molecule has 0 aliphatic carbocycles. The van der Waals surface area contributed by atoms with Crippen molar-refractivity contribution in [3.8, 4) is 0 Å². The van der Waals surface area contributed by atoms with Gasteiger partial charge in [-0.15, -0.1) is 0 Å². The molecule has 3 rings (SSSR count). The van der Waals surface area contributed by atoms with Gasteiger partial charge in [-0.05, 0) is 42.3 Å². The summed E-state index contributed by atoms with van der Waals surface area (Å²) < 4.78 is 13.3. The molecule has 2 aromatic rings. The quantitative estimate of drug-likeness (QED) is 0.754. The zero-order chi connectivity index (χ0) is 19.9. The Labute approximate surface area is 167 Å². The first-order valence-electron chi connectivity index (χ1n) is 8.93. The van der Waals surface area contributed by atoms with Crippen molar-refractivity contribution in [3.05, 3.63) is 71.7 Å². The van der Waals surface area contributed by atoms with Gasteiger partial charge in [-0.25, -0.2) is 9.38 Å². The van der Waals surface area contributed by atoms with Crippen LogP contribution in [0.5, 0.6) is 0 Å². The number of nitrogens with zero attached hydrogens (tertiary/aromatic N) is 2. The van der Waals surface area contributed by atoms with E-state index in [1.54, 1.807) is 6.08 Å². The fraction of sp³-hybridized carbons (Fsp3) is 0.190. The van der Waals surface area contributed by atoms with Gasteiger partial charge in [-0.3, -0.25) is 14.5 Å². The SMILES string of the molecule is CCCNC(=O)CSC1=N/C(=C\c2ccccc2)C(=O)N1c1ccc(F)cc1. The molecule has 5 nitrogen and oxygen atoms in total. The molecule has 0 atom stereocenters. The lowest BCUT2D eigenvalue weighted by Crippen LogP contribution is -2.32. The van der Waals surface area contributed by atoms with Crippen LogP contribution in [0.4, 0.5) is 10.1 Å². The molecule has 0 bridgehead atoms. The molecule has 0 aromatic heterocycles. The Morgan fingerprint density at radius 2 is 1.89 bits per heavy atom. The molecule has 0 fully saturated rings. The summed E-state index contributed by atoms with van der Waals surface area (Å²) in [7, 11) is 0. The first-order chi connectivity index (χ1) is 13.6. The van der Waals surface area contributed by atoms with Crippen molar-refractivity contribution in [1.82, 2.24) is 5.32 Å². The van der Waals surface area contributed by atoms with Gasteiger partial charge in [0.1, 0.15) is 11.5 Å². The van der Waals surface area contributed by atoms with Crippen molar-refractivity contribution in [2.75, 3.05) is 17.2 Å². The molecular formula is C21H20FN3O2S. The van der Waals surface area contributed by atoms with Crippen LogP contribution in [0.15, 0.2) is 65.3 Å². The maximum atomic E-state index is 13.3. The van der Waals surface area contributed by atoms with Crippen molar-refractivity contribution >= 4 is 40.5 Å². The number of amidine groups is 1. The Morgan fingerprint density at radius 3 is 2.57 bits per heavy atom. The molecule has 0 unspecified atom stereocenters. The summed E-state index contributed by atoms with van der Waals surface area (Å²) in [5, 5.41) is 3.19. The first kappa shape index (κ1) is 19.8. The highest BCUT2D eigenvalue weighted by atomic mass is 32.2. The summed E-state index contributed by atoms with van der Waals surface area (Å²) in [4.78, 5) is 30.8. The van der Waals surface area contributed by atoms with Crippen LogP contribution in [0.2, 0.25) is 0 Å². The molecule has 144 valence electrons. The van der Waals surface area contributed by atoms with Gasteiger partial charge in [0.2, 0.25) is 5.91 Å². The summed E-state index contributed by atoms with van der Waals surface area (Å²) in [6, 6.07) is 15.0. The summed E-state index contributed by atoms with van der Waals surface area (Å²) in [5.41, 5.74) is 1.62. The average molecular weight is 397 g/mol. The molecule has 28 heavy (non-hydrogen) atoms. The molecule has 1 aliphatic rings. The zero-order valence-electron chi connectivity index (χ0n) is 15.4. The van der Waals surface area contributed by atoms with Gasteiger partial charge in [0, 0.05) is 6.54 Å². The van der Waals surface area contributed by atoms with Gasteiger partial charge in [0.05, 0.1) is 11.4 Å². The van der Waals surface area contributed by atoms with Gasteiger partial charge >= 0.3 is 0 Å². The number of amides is 2. The third kappa shape index (κ3) is 4.86. The number of anilines is 1. The highest BCUT2D eigenvalue weighted by molar-refractivity contribution is 8.14. The summed E-state index contributed by atoms with van der Waals surface area (Å²) in [5.74, 6) is -0.684. The van der Waals surface area contributed by atoms with E-state index in [1.807, 2.05) is 37.3 Å². The number of thioether (sulfide) groups is 1. The average Bonchev–Trinajstić information content (AvgIpc) is 3.01. The Balaban J connectivity index is 1.87. The highest BCUT2D eigenvalue weighted by Gasteiger charge is 2.32. The van der Waals surface area contributed by atoms with Crippen molar-refractivity contribution < 1.29 is 14.0 Å². The third-order valence-electron chi connectivity index (χ3n) is 3.92. The van der Waals surface area contributed by atoms with Gasteiger partial charge in [-0.2, -0.15) is 0 Å². The van der Waals surface area contributed by atoms with Gasteiger partial charge in [0.15, 0.2) is 5.17 Å². The van der Waals surface area contributed by atoms with E-state index < -0.39 is 0 Å². The van der Waals surface area contributed by atoms with E-state index in [-0.39, 0.29) is 29.1 Å². The minimum absolute atomic E-state index is 0.124. The van der Waals surface area contributed by atoms with Crippen molar-refractivity contribution in [2.24, 2.45) is 4.99 Å². The minimum Gasteiger partial charge on any atom is -0.355 e. The number of benzene rings is 2. The van der Waals surface area contributed by atoms with E-state index in [9.17, 15) is 14.0 Å². The topological polar surface area (TPSA) is 61.8 Å². The first-order valence-corrected chi connectivity index (χ1v) is 9.92. The van der Waals surface area contributed by atoms with E-state index in [4.69, 9.17) is 0 Å². The standard InChI is InChI=1S/C21H20FN3O2S/c1-2-12-23-19(26)14-28-21-24-18(13-15-6-4-3-5-7-15)20(27)25(21)17-10-8-16(22)9-11-17/h3-11,13H,2,12,14H2,1H3,(H,23,26)/b18-13-. The van der Waals surface area contributed by atoms with E-state index in [2.05, 4.69) is 10.3 Å². The zero-order valence-corrected chi connectivity index (χ0v) is 16.2. The summed E-state index contributed by atoms with van der Waals surface area (Å²) >= 11 is 1.18. The van der Waals surface area contributed by atoms with Crippen molar-refractivity contribution in [1.29, 1.82) is 0 Å². The third-order valence-corrected chi connectivity index (χ3v) is 4.86. The number of rotatable bonds is 6. The van der Waals surface area contributed by atoms with E-state index in [1.165, 1.54) is 40.9 Å². The number of hydrogen-bond acceptors (Lipinski definition) is 4. The second-order valence-corrected chi connectivity index (χ2v) is 7.03. The highest BCUT2D eigenvalue weighted by Crippen LogP contribution is 2.29. The predicted octanol–water partition coefficient (Wildman–Crippen LogP) is 3.83. The normalized spacial score (nSPS) is 15.1. The molecule has 1 aliphatic heterocycles. The fourth-order valence-electron chi connectivity index (χ4n) is 2.56. The number of hydrogen-bond donors (Lipinski definition) is 1. The molecule has 2 aromatic carbocycles. The molecule has 0 saturated carbocycles. The predicted molar refractivity (Wildman–Crippen MR) is 111 cm³/mol. The van der Waals surface area contributed by atoms with E-state index in [0.29, 0.717) is 17.4 Å². The van der Waals surface area contributed by atoms with Crippen LogP contribution in [0.1, 0.15) is 18.9 Å². The van der Waals surface area contributed by atoms with Crippen LogP contribution in [0, 0.1) is 5.82 Å². The minimum atomic E-state index is -0.388. The maximum Gasteiger partial charge on any atom is 0.283 e. The lowest BCUT2D eigenvalue weighted by molar-refractivity contribution is -0.118. The van der Waals surface area contributed by atoms with Crippen LogP contribution >= 0.6 is 11.8 Å². The molecule has 2 amide bonds. The van der Waals surface area contributed by atoms with Crippen molar-refractivity contribution in [3.63, 3.8) is 0 Å². The number of carbonyl (C=O) groups excluding carboxylic acids is 2. The van der Waals surface area contributed by atoms with Gasteiger partial charge < -0.3 is 5.32 Å².